The number of methoxy groups -OCH3 is 1. The molecule has 23 heavy (non-hydrogen) atoms. The van der Waals surface area contributed by atoms with Gasteiger partial charge in [0, 0.05) is 11.1 Å². The van der Waals surface area contributed by atoms with Gasteiger partial charge in [-0.2, -0.15) is 0 Å². The number of anilines is 1. The highest BCUT2D eigenvalue weighted by Crippen LogP contribution is 2.27. The zero-order chi connectivity index (χ0) is 16.7. The third-order valence-electron chi connectivity index (χ3n) is 4.12. The van der Waals surface area contributed by atoms with Crippen LogP contribution >= 0.6 is 11.6 Å². The molecule has 0 aliphatic carbocycles. The summed E-state index contributed by atoms with van der Waals surface area (Å²) in [4.78, 5) is 14.7. The molecule has 1 fully saturated rings. The number of carbonyl (C=O) groups is 1. The van der Waals surface area contributed by atoms with Gasteiger partial charge in [-0.15, -0.1) is 0 Å². The molecule has 0 unspecified atom stereocenters. The van der Waals surface area contributed by atoms with Gasteiger partial charge < -0.3 is 15.4 Å². The first-order valence-corrected chi connectivity index (χ1v) is 8.60. The molecule has 128 valence electrons. The molecule has 0 spiro atoms. The van der Waals surface area contributed by atoms with Crippen LogP contribution in [0.5, 0.6) is 5.75 Å². The molecule has 2 rings (SSSR count). The molecular weight excluding hydrogens is 314 g/mol. The Morgan fingerprint density at radius 2 is 2.17 bits per heavy atom. The number of rotatable bonds is 7. The molecule has 1 heterocycles. The summed E-state index contributed by atoms with van der Waals surface area (Å²) in [5.74, 6) is 0.587. The first-order chi connectivity index (χ1) is 11.1. The minimum Gasteiger partial charge on any atom is -0.495 e. The van der Waals surface area contributed by atoms with Gasteiger partial charge in [-0.3, -0.25) is 9.69 Å². The van der Waals surface area contributed by atoms with E-state index in [1.807, 2.05) is 0 Å². The molecular formula is C17H26ClN3O2. The van der Waals surface area contributed by atoms with Gasteiger partial charge in [0.25, 0.3) is 0 Å². The highest BCUT2D eigenvalue weighted by molar-refractivity contribution is 6.31. The average molecular weight is 340 g/mol. The zero-order valence-corrected chi connectivity index (χ0v) is 14.7. The second-order valence-corrected chi connectivity index (χ2v) is 6.28. The SMILES string of the molecule is CCCN(CC(=O)Nc1cc(Cl)ccc1OC)C1CCNCC1. The van der Waals surface area contributed by atoms with Crippen molar-refractivity contribution < 1.29 is 9.53 Å². The zero-order valence-electron chi connectivity index (χ0n) is 13.9. The van der Waals surface area contributed by atoms with Crippen molar-refractivity contribution in [1.29, 1.82) is 0 Å². The van der Waals surface area contributed by atoms with Crippen LogP contribution in [-0.2, 0) is 4.79 Å². The molecule has 2 N–H and O–H groups in total. The van der Waals surface area contributed by atoms with E-state index < -0.39 is 0 Å². The minimum absolute atomic E-state index is 0.0300. The van der Waals surface area contributed by atoms with E-state index in [2.05, 4.69) is 22.5 Å². The molecule has 6 heteroatoms. The van der Waals surface area contributed by atoms with Crippen LogP contribution in [0.25, 0.3) is 0 Å². The lowest BCUT2D eigenvalue weighted by molar-refractivity contribution is -0.118. The molecule has 1 amide bonds. The van der Waals surface area contributed by atoms with E-state index in [-0.39, 0.29) is 5.91 Å². The molecule has 0 radical (unpaired) electrons. The second-order valence-electron chi connectivity index (χ2n) is 5.84. The van der Waals surface area contributed by atoms with Crippen molar-refractivity contribution in [3.05, 3.63) is 23.2 Å². The lowest BCUT2D eigenvalue weighted by atomic mass is 10.0. The van der Waals surface area contributed by atoms with Gasteiger partial charge in [-0.25, -0.2) is 0 Å². The van der Waals surface area contributed by atoms with Crippen LogP contribution < -0.4 is 15.4 Å². The number of hydrogen-bond acceptors (Lipinski definition) is 4. The number of hydrogen-bond donors (Lipinski definition) is 2. The summed E-state index contributed by atoms with van der Waals surface area (Å²) in [5.41, 5.74) is 0.617. The molecule has 0 atom stereocenters. The number of amides is 1. The normalized spacial score (nSPS) is 15.7. The molecule has 1 aliphatic rings. The van der Waals surface area contributed by atoms with Crippen molar-refractivity contribution in [2.45, 2.75) is 32.2 Å². The van der Waals surface area contributed by atoms with Gasteiger partial charge in [0.15, 0.2) is 0 Å². The van der Waals surface area contributed by atoms with E-state index >= 15 is 0 Å². The number of benzene rings is 1. The first kappa shape index (κ1) is 18.0. The Kier molecular flexibility index (Phi) is 7.15. The van der Waals surface area contributed by atoms with E-state index in [0.29, 0.717) is 29.0 Å². The van der Waals surface area contributed by atoms with Crippen LogP contribution in [0.15, 0.2) is 18.2 Å². The summed E-state index contributed by atoms with van der Waals surface area (Å²) in [7, 11) is 1.58. The van der Waals surface area contributed by atoms with E-state index in [9.17, 15) is 4.79 Å². The van der Waals surface area contributed by atoms with E-state index in [4.69, 9.17) is 16.3 Å². The summed E-state index contributed by atoms with van der Waals surface area (Å²) in [5, 5.41) is 6.87. The third-order valence-corrected chi connectivity index (χ3v) is 4.35. The lowest BCUT2D eigenvalue weighted by Crippen LogP contribution is -2.46. The summed E-state index contributed by atoms with van der Waals surface area (Å²) in [6.07, 6.45) is 3.22. The van der Waals surface area contributed by atoms with Crippen molar-refractivity contribution in [2.24, 2.45) is 0 Å². The minimum atomic E-state index is -0.0300. The Morgan fingerprint density at radius 1 is 1.43 bits per heavy atom. The van der Waals surface area contributed by atoms with E-state index in [1.165, 1.54) is 0 Å². The van der Waals surface area contributed by atoms with Crippen LogP contribution in [0.2, 0.25) is 5.02 Å². The number of ether oxygens (including phenoxy) is 1. The van der Waals surface area contributed by atoms with E-state index in [0.717, 1.165) is 38.9 Å². The third kappa shape index (κ3) is 5.37. The predicted octanol–water partition coefficient (Wildman–Crippen LogP) is 2.75. The molecule has 1 aromatic carbocycles. The summed E-state index contributed by atoms with van der Waals surface area (Å²) >= 11 is 6.01. The van der Waals surface area contributed by atoms with Crippen LogP contribution in [0.4, 0.5) is 5.69 Å². The van der Waals surface area contributed by atoms with Crippen LogP contribution in [-0.4, -0.2) is 50.1 Å². The monoisotopic (exact) mass is 339 g/mol. The smallest absolute Gasteiger partial charge is 0.238 e. The molecule has 1 saturated heterocycles. The van der Waals surface area contributed by atoms with Crippen LogP contribution in [0.3, 0.4) is 0 Å². The number of nitrogens with zero attached hydrogens (tertiary/aromatic N) is 1. The molecule has 1 aromatic rings. The molecule has 0 saturated carbocycles. The summed E-state index contributed by atoms with van der Waals surface area (Å²) < 4.78 is 5.27. The Labute approximate surface area is 143 Å². The van der Waals surface area contributed by atoms with Crippen molar-refractivity contribution in [2.75, 3.05) is 38.6 Å². The van der Waals surface area contributed by atoms with Gasteiger partial charge in [0.2, 0.25) is 5.91 Å². The predicted molar refractivity (Wildman–Crippen MR) is 94.4 cm³/mol. The molecule has 0 aromatic heterocycles. The fourth-order valence-corrected chi connectivity index (χ4v) is 3.17. The standard InChI is InChI=1S/C17H26ClN3O2/c1-3-10-21(14-6-8-19-9-7-14)12-17(22)20-15-11-13(18)4-5-16(15)23-2/h4-5,11,14,19H,3,6-10,12H2,1-2H3,(H,20,22). The molecule has 0 bridgehead atoms. The van der Waals surface area contributed by atoms with Gasteiger partial charge >= 0.3 is 0 Å². The van der Waals surface area contributed by atoms with Gasteiger partial charge in [-0.1, -0.05) is 18.5 Å². The topological polar surface area (TPSA) is 53.6 Å². The number of carbonyl (C=O) groups excluding carboxylic acids is 1. The Hall–Kier alpha value is -1.30. The number of halogens is 1. The van der Waals surface area contributed by atoms with Crippen molar-refractivity contribution in [3.63, 3.8) is 0 Å². The largest absolute Gasteiger partial charge is 0.495 e. The van der Waals surface area contributed by atoms with Crippen molar-refractivity contribution in [3.8, 4) is 5.75 Å². The van der Waals surface area contributed by atoms with Crippen molar-refractivity contribution >= 4 is 23.2 Å². The highest BCUT2D eigenvalue weighted by Gasteiger charge is 2.22. The van der Waals surface area contributed by atoms with Gasteiger partial charge in [0.1, 0.15) is 5.75 Å². The molecule has 1 aliphatic heterocycles. The Bertz CT molecular complexity index is 519. The maximum absolute atomic E-state index is 12.5. The summed E-state index contributed by atoms with van der Waals surface area (Å²) in [6.45, 7) is 5.52. The fraction of sp³-hybridized carbons (Fsp3) is 0.588. The Balaban J connectivity index is 1.99. The quantitative estimate of drug-likeness (QED) is 0.802. The van der Waals surface area contributed by atoms with Gasteiger partial charge in [0.05, 0.1) is 19.3 Å². The fourth-order valence-electron chi connectivity index (χ4n) is 3.00. The summed E-state index contributed by atoms with van der Waals surface area (Å²) in [6, 6.07) is 5.69. The molecule has 5 nitrogen and oxygen atoms in total. The van der Waals surface area contributed by atoms with Crippen molar-refractivity contribution in [1.82, 2.24) is 10.2 Å². The second kappa shape index (κ2) is 9.11. The number of piperidine rings is 1. The maximum atomic E-state index is 12.5. The average Bonchev–Trinajstić information content (AvgIpc) is 2.55. The van der Waals surface area contributed by atoms with E-state index in [1.54, 1.807) is 25.3 Å². The maximum Gasteiger partial charge on any atom is 0.238 e. The van der Waals surface area contributed by atoms with Gasteiger partial charge in [-0.05, 0) is 57.1 Å². The van der Waals surface area contributed by atoms with Crippen LogP contribution in [0, 0.1) is 0 Å². The lowest BCUT2D eigenvalue weighted by Gasteiger charge is -2.34. The number of nitrogens with one attached hydrogen (secondary N) is 2. The first-order valence-electron chi connectivity index (χ1n) is 8.22. The Morgan fingerprint density at radius 3 is 2.83 bits per heavy atom. The highest BCUT2D eigenvalue weighted by atomic mass is 35.5. The van der Waals surface area contributed by atoms with Crippen LogP contribution in [0.1, 0.15) is 26.2 Å².